The lowest BCUT2D eigenvalue weighted by Gasteiger charge is -2.33. The van der Waals surface area contributed by atoms with Gasteiger partial charge in [-0.25, -0.2) is 4.39 Å². The Kier molecular flexibility index (Phi) is 6.11. The molecule has 0 aliphatic carbocycles. The Morgan fingerprint density at radius 1 is 1.13 bits per heavy atom. The largest absolute Gasteiger partial charge is 0.354 e. The van der Waals surface area contributed by atoms with Crippen molar-refractivity contribution >= 4 is 11.7 Å². The van der Waals surface area contributed by atoms with E-state index in [4.69, 9.17) is 0 Å². The summed E-state index contributed by atoms with van der Waals surface area (Å²) in [7, 11) is 0. The molecule has 1 fully saturated rings. The van der Waals surface area contributed by atoms with Gasteiger partial charge < -0.3 is 10.2 Å². The van der Waals surface area contributed by atoms with Crippen molar-refractivity contribution in [3.05, 3.63) is 88.5 Å². The highest BCUT2D eigenvalue weighted by Crippen LogP contribution is 2.23. The molecule has 7 heteroatoms. The molecule has 3 aromatic rings. The van der Waals surface area contributed by atoms with Gasteiger partial charge in [-0.05, 0) is 49.6 Å². The Balaban J connectivity index is 1.49. The Bertz CT molecular complexity index is 1120. The maximum atomic E-state index is 13.6. The van der Waals surface area contributed by atoms with Crippen LogP contribution in [-0.2, 0) is 4.79 Å². The molecule has 1 aromatic heterocycles. The van der Waals surface area contributed by atoms with Crippen molar-refractivity contribution in [2.24, 2.45) is 5.92 Å². The number of benzene rings is 2. The lowest BCUT2D eigenvalue weighted by atomic mass is 9.96. The summed E-state index contributed by atoms with van der Waals surface area (Å²) in [6.07, 6.45) is 1.64. The van der Waals surface area contributed by atoms with Gasteiger partial charge in [0.15, 0.2) is 0 Å². The minimum Gasteiger partial charge on any atom is -0.354 e. The molecule has 2 atom stereocenters. The number of piperidine rings is 1. The number of carbonyl (C=O) groups is 1. The molecule has 1 aliphatic rings. The van der Waals surface area contributed by atoms with Crippen molar-refractivity contribution < 1.29 is 9.18 Å². The van der Waals surface area contributed by atoms with Crippen LogP contribution in [0.2, 0.25) is 0 Å². The number of hydrogen-bond donors (Lipinski definition) is 1. The quantitative estimate of drug-likeness (QED) is 0.686. The van der Waals surface area contributed by atoms with E-state index in [0.717, 1.165) is 24.9 Å². The van der Waals surface area contributed by atoms with Crippen molar-refractivity contribution in [2.45, 2.75) is 25.8 Å². The SMILES string of the molecule is C[C@H](NC(=O)[C@@H]1CCCN(c2ccc(=O)n(-c3cccc(F)c3)n2)C1)c1ccccc1. The van der Waals surface area contributed by atoms with Gasteiger partial charge in [-0.2, -0.15) is 4.68 Å². The van der Waals surface area contributed by atoms with Crippen molar-refractivity contribution in [3.63, 3.8) is 0 Å². The third kappa shape index (κ3) is 4.82. The number of rotatable bonds is 5. The van der Waals surface area contributed by atoms with Crippen LogP contribution >= 0.6 is 0 Å². The molecule has 0 unspecified atom stereocenters. The number of nitrogens with zero attached hydrogens (tertiary/aromatic N) is 3. The second-order valence-electron chi connectivity index (χ2n) is 7.85. The highest BCUT2D eigenvalue weighted by Gasteiger charge is 2.28. The van der Waals surface area contributed by atoms with Crippen LogP contribution in [0.3, 0.4) is 0 Å². The highest BCUT2D eigenvalue weighted by atomic mass is 19.1. The van der Waals surface area contributed by atoms with Crippen molar-refractivity contribution in [2.75, 3.05) is 18.0 Å². The van der Waals surface area contributed by atoms with Crippen LogP contribution in [-0.4, -0.2) is 28.8 Å². The number of nitrogens with one attached hydrogen (secondary N) is 1. The van der Waals surface area contributed by atoms with E-state index in [0.29, 0.717) is 18.1 Å². The standard InChI is InChI=1S/C24H25FN4O2/c1-17(18-7-3-2-4-8-18)26-24(31)19-9-6-14-28(16-19)22-12-13-23(30)29(27-22)21-11-5-10-20(25)15-21/h2-5,7-8,10-13,15,17,19H,6,9,14,16H2,1H3,(H,26,31)/t17-,19+/m0/s1. The first-order valence-electron chi connectivity index (χ1n) is 10.5. The van der Waals surface area contributed by atoms with Crippen LogP contribution < -0.4 is 15.8 Å². The molecule has 160 valence electrons. The van der Waals surface area contributed by atoms with E-state index in [1.807, 2.05) is 42.2 Å². The third-order valence-corrected chi connectivity index (χ3v) is 5.61. The van der Waals surface area contributed by atoms with Gasteiger partial charge in [0, 0.05) is 19.2 Å². The van der Waals surface area contributed by atoms with Crippen LogP contribution in [0.4, 0.5) is 10.2 Å². The smallest absolute Gasteiger partial charge is 0.271 e. The Hall–Kier alpha value is -3.48. The van der Waals surface area contributed by atoms with Gasteiger partial charge in [0.25, 0.3) is 5.56 Å². The van der Waals surface area contributed by atoms with Gasteiger partial charge >= 0.3 is 0 Å². The summed E-state index contributed by atoms with van der Waals surface area (Å²) in [6, 6.07) is 18.6. The molecule has 0 saturated carbocycles. The molecule has 0 radical (unpaired) electrons. The Morgan fingerprint density at radius 3 is 2.71 bits per heavy atom. The first-order chi connectivity index (χ1) is 15.0. The molecular formula is C24H25FN4O2. The Morgan fingerprint density at radius 2 is 1.94 bits per heavy atom. The third-order valence-electron chi connectivity index (χ3n) is 5.61. The number of amides is 1. The lowest BCUT2D eigenvalue weighted by molar-refractivity contribution is -0.125. The normalized spacial score (nSPS) is 17.2. The molecule has 1 N–H and O–H groups in total. The number of aromatic nitrogens is 2. The Labute approximate surface area is 180 Å². The molecule has 1 saturated heterocycles. The van der Waals surface area contributed by atoms with E-state index in [-0.39, 0.29) is 23.4 Å². The molecule has 0 bridgehead atoms. The highest BCUT2D eigenvalue weighted by molar-refractivity contribution is 5.80. The summed E-state index contributed by atoms with van der Waals surface area (Å²) in [5.74, 6) is 0.00656. The van der Waals surface area contributed by atoms with Gasteiger partial charge in [-0.3, -0.25) is 9.59 Å². The van der Waals surface area contributed by atoms with E-state index < -0.39 is 5.82 Å². The van der Waals surface area contributed by atoms with E-state index in [1.165, 1.54) is 22.9 Å². The number of halogens is 1. The van der Waals surface area contributed by atoms with E-state index in [2.05, 4.69) is 10.4 Å². The fourth-order valence-electron chi connectivity index (χ4n) is 3.92. The minimum atomic E-state index is -0.432. The number of carbonyl (C=O) groups excluding carboxylic acids is 1. The van der Waals surface area contributed by atoms with Crippen LogP contribution in [0.15, 0.2) is 71.5 Å². The molecule has 4 rings (SSSR count). The van der Waals surface area contributed by atoms with Gasteiger partial charge in [-0.15, -0.1) is 5.10 Å². The van der Waals surface area contributed by atoms with E-state index >= 15 is 0 Å². The van der Waals surface area contributed by atoms with Crippen LogP contribution in [0.1, 0.15) is 31.4 Å². The molecular weight excluding hydrogens is 395 g/mol. The average molecular weight is 420 g/mol. The molecule has 1 amide bonds. The summed E-state index contributed by atoms with van der Waals surface area (Å²) >= 11 is 0. The fourth-order valence-corrected chi connectivity index (χ4v) is 3.92. The van der Waals surface area contributed by atoms with Gasteiger partial charge in [0.2, 0.25) is 5.91 Å². The zero-order chi connectivity index (χ0) is 21.8. The molecule has 31 heavy (non-hydrogen) atoms. The minimum absolute atomic E-state index is 0.0134. The van der Waals surface area contributed by atoms with Gasteiger partial charge in [-0.1, -0.05) is 36.4 Å². The lowest BCUT2D eigenvalue weighted by Crippen LogP contribution is -2.44. The average Bonchev–Trinajstić information content (AvgIpc) is 2.80. The summed E-state index contributed by atoms with van der Waals surface area (Å²) in [5.41, 5.74) is 1.10. The summed E-state index contributed by atoms with van der Waals surface area (Å²) < 4.78 is 14.8. The number of anilines is 1. The predicted octanol–water partition coefficient (Wildman–Crippen LogP) is 3.47. The second kappa shape index (κ2) is 9.12. The van der Waals surface area contributed by atoms with Crippen molar-refractivity contribution in [1.82, 2.24) is 15.1 Å². The van der Waals surface area contributed by atoms with Crippen LogP contribution in [0.25, 0.3) is 5.69 Å². The summed E-state index contributed by atoms with van der Waals surface area (Å²) in [5, 5.41) is 7.55. The summed E-state index contributed by atoms with van der Waals surface area (Å²) in [6.45, 7) is 3.23. The maximum absolute atomic E-state index is 13.6. The van der Waals surface area contributed by atoms with E-state index in [1.54, 1.807) is 18.2 Å². The van der Waals surface area contributed by atoms with Crippen LogP contribution in [0.5, 0.6) is 0 Å². The zero-order valence-corrected chi connectivity index (χ0v) is 17.4. The predicted molar refractivity (Wildman–Crippen MR) is 118 cm³/mol. The summed E-state index contributed by atoms with van der Waals surface area (Å²) in [4.78, 5) is 27.2. The number of hydrogen-bond acceptors (Lipinski definition) is 4. The molecule has 1 aliphatic heterocycles. The molecule has 6 nitrogen and oxygen atoms in total. The molecule has 2 heterocycles. The van der Waals surface area contributed by atoms with E-state index in [9.17, 15) is 14.0 Å². The van der Waals surface area contributed by atoms with Crippen molar-refractivity contribution in [1.29, 1.82) is 0 Å². The monoisotopic (exact) mass is 420 g/mol. The molecule has 0 spiro atoms. The second-order valence-corrected chi connectivity index (χ2v) is 7.85. The van der Waals surface area contributed by atoms with Crippen LogP contribution in [0, 0.1) is 11.7 Å². The first-order valence-corrected chi connectivity index (χ1v) is 10.5. The fraction of sp³-hybridized carbons (Fsp3) is 0.292. The molecule has 2 aromatic carbocycles. The topological polar surface area (TPSA) is 67.2 Å². The maximum Gasteiger partial charge on any atom is 0.271 e. The zero-order valence-electron chi connectivity index (χ0n) is 17.4. The van der Waals surface area contributed by atoms with Gasteiger partial charge in [0.1, 0.15) is 11.6 Å². The van der Waals surface area contributed by atoms with Crippen molar-refractivity contribution in [3.8, 4) is 5.69 Å². The van der Waals surface area contributed by atoms with Gasteiger partial charge in [0.05, 0.1) is 17.6 Å². The first kappa shape index (κ1) is 20.8.